The van der Waals surface area contributed by atoms with Crippen LogP contribution in [0.5, 0.6) is 0 Å². The minimum absolute atomic E-state index is 0.0478. The predicted molar refractivity (Wildman–Crippen MR) is 31.3 cm³/mol. The Balaban J connectivity index is 3.16. The first-order chi connectivity index (χ1) is 3.77. The first kappa shape index (κ1) is 7.14. The van der Waals surface area contributed by atoms with Gasteiger partial charge in [0, 0.05) is 4.92 Å². The Hall–Kier alpha value is -0.860. The van der Waals surface area contributed by atoms with E-state index in [9.17, 15) is 10.1 Å². The Bertz CT molecular complexity index is 98.6. The average molecular weight is 115 g/mol. The lowest BCUT2D eigenvalue weighted by molar-refractivity contribution is -0.468. The van der Waals surface area contributed by atoms with E-state index in [1.54, 1.807) is 12.2 Å². The Morgan fingerprint density at radius 2 is 2.25 bits per heavy atom. The molecular weight excluding hydrogens is 106 g/mol. The molecule has 0 fully saturated rings. The number of allylic oxidation sites excluding steroid dienone is 1. The highest BCUT2D eigenvalue weighted by Crippen LogP contribution is 1.78. The van der Waals surface area contributed by atoms with E-state index in [4.69, 9.17) is 0 Å². The van der Waals surface area contributed by atoms with Gasteiger partial charge >= 0.3 is 0 Å². The van der Waals surface area contributed by atoms with Gasteiger partial charge in [-0.05, 0) is 12.5 Å². The Morgan fingerprint density at radius 1 is 1.62 bits per heavy atom. The first-order valence-electron chi connectivity index (χ1n) is 2.54. The highest BCUT2D eigenvalue weighted by Gasteiger charge is 1.84. The number of nitrogens with zero attached hydrogens (tertiary/aromatic N) is 1. The summed E-state index contributed by atoms with van der Waals surface area (Å²) in [5.41, 5.74) is 0. The lowest BCUT2D eigenvalue weighted by Crippen LogP contribution is -1.95. The molecule has 0 spiro atoms. The van der Waals surface area contributed by atoms with E-state index in [1.807, 2.05) is 6.92 Å². The maximum atomic E-state index is 9.63. The van der Waals surface area contributed by atoms with Crippen molar-refractivity contribution < 1.29 is 4.92 Å². The third-order valence-corrected chi connectivity index (χ3v) is 0.657. The van der Waals surface area contributed by atoms with Crippen LogP contribution in [0.3, 0.4) is 0 Å². The zero-order chi connectivity index (χ0) is 6.41. The molecule has 8 heavy (non-hydrogen) atoms. The normalized spacial score (nSPS) is 10.1. The monoisotopic (exact) mass is 115 g/mol. The summed E-state index contributed by atoms with van der Waals surface area (Å²) in [6.07, 6.45) is 4.20. The summed E-state index contributed by atoms with van der Waals surface area (Å²) in [6.45, 7) is 1.89. The van der Waals surface area contributed by atoms with E-state index in [2.05, 4.69) is 0 Å². The van der Waals surface area contributed by atoms with Gasteiger partial charge in [-0.1, -0.05) is 13.0 Å². The van der Waals surface area contributed by atoms with Crippen molar-refractivity contribution in [3.8, 4) is 0 Å². The average Bonchev–Trinajstić information content (AvgIpc) is 1.66. The van der Waals surface area contributed by atoms with E-state index < -0.39 is 0 Å². The molecule has 0 saturated carbocycles. The molecule has 0 radical (unpaired) electrons. The van der Waals surface area contributed by atoms with E-state index in [0.717, 1.165) is 6.42 Å². The maximum absolute atomic E-state index is 9.63. The minimum atomic E-state index is -0.355. The van der Waals surface area contributed by atoms with Gasteiger partial charge in [0.05, 0.1) is 0 Å². The van der Waals surface area contributed by atoms with E-state index >= 15 is 0 Å². The van der Waals surface area contributed by atoms with Gasteiger partial charge in [-0.15, -0.1) is 0 Å². The summed E-state index contributed by atoms with van der Waals surface area (Å²) < 4.78 is 0. The molecular formula is C5H9NO2. The molecule has 0 saturated heterocycles. The predicted octanol–water partition coefficient (Wildman–Crippen LogP) is 1.23. The molecule has 0 aromatic carbocycles. The largest absolute Gasteiger partial charge is 0.264 e. The van der Waals surface area contributed by atoms with Crippen LogP contribution in [0.15, 0.2) is 12.2 Å². The smallest absolute Gasteiger partial charge is 0.222 e. The van der Waals surface area contributed by atoms with Crippen molar-refractivity contribution in [2.45, 2.75) is 13.3 Å². The molecule has 46 valence electrons. The second-order valence-corrected chi connectivity index (χ2v) is 1.39. The van der Waals surface area contributed by atoms with Gasteiger partial charge in [-0.2, -0.15) is 0 Å². The fraction of sp³-hybridized carbons (Fsp3) is 0.600. The van der Waals surface area contributed by atoms with E-state index in [-0.39, 0.29) is 11.5 Å². The molecule has 0 N–H and O–H groups in total. The quantitative estimate of drug-likeness (QED) is 0.315. The van der Waals surface area contributed by atoms with Gasteiger partial charge in [0.2, 0.25) is 6.54 Å². The van der Waals surface area contributed by atoms with Crippen molar-refractivity contribution in [2.24, 2.45) is 0 Å². The molecule has 0 unspecified atom stereocenters. The summed E-state index contributed by atoms with van der Waals surface area (Å²) >= 11 is 0. The molecule has 0 aliphatic heterocycles. The van der Waals surface area contributed by atoms with E-state index in [1.165, 1.54) is 0 Å². The van der Waals surface area contributed by atoms with Crippen LogP contribution in [-0.2, 0) is 0 Å². The first-order valence-corrected chi connectivity index (χ1v) is 2.54. The highest BCUT2D eigenvalue weighted by molar-refractivity contribution is 4.78. The zero-order valence-electron chi connectivity index (χ0n) is 4.83. The van der Waals surface area contributed by atoms with Gasteiger partial charge in [0.25, 0.3) is 0 Å². The standard InChI is InChI=1S/C5H9NO2/c1-2-3-4-5-6(7)8/h3-4H,2,5H2,1H3. The van der Waals surface area contributed by atoms with Gasteiger partial charge in [0.1, 0.15) is 0 Å². The third-order valence-electron chi connectivity index (χ3n) is 0.657. The molecule has 0 aliphatic rings. The summed E-state index contributed by atoms with van der Waals surface area (Å²) in [7, 11) is 0. The minimum Gasteiger partial charge on any atom is -0.264 e. The van der Waals surface area contributed by atoms with Crippen molar-refractivity contribution in [2.75, 3.05) is 6.54 Å². The fourth-order valence-corrected chi connectivity index (χ4v) is 0.327. The Morgan fingerprint density at radius 3 is 2.62 bits per heavy atom. The zero-order valence-corrected chi connectivity index (χ0v) is 4.83. The van der Waals surface area contributed by atoms with Crippen molar-refractivity contribution >= 4 is 0 Å². The fourth-order valence-electron chi connectivity index (χ4n) is 0.327. The number of rotatable bonds is 3. The molecule has 0 aromatic heterocycles. The van der Waals surface area contributed by atoms with Crippen LogP contribution in [0.1, 0.15) is 13.3 Å². The lowest BCUT2D eigenvalue weighted by atomic mass is 10.4. The number of nitro groups is 1. The van der Waals surface area contributed by atoms with Gasteiger partial charge in [-0.25, -0.2) is 0 Å². The molecule has 0 aliphatic carbocycles. The summed E-state index contributed by atoms with van der Waals surface area (Å²) in [5, 5.41) is 9.63. The van der Waals surface area contributed by atoms with Crippen LogP contribution in [0.25, 0.3) is 0 Å². The molecule has 3 nitrogen and oxygen atoms in total. The summed E-state index contributed by atoms with van der Waals surface area (Å²) in [4.78, 5) is 9.27. The van der Waals surface area contributed by atoms with Crippen LogP contribution >= 0.6 is 0 Å². The second-order valence-electron chi connectivity index (χ2n) is 1.39. The van der Waals surface area contributed by atoms with Gasteiger partial charge in [-0.3, -0.25) is 10.1 Å². The molecule has 0 atom stereocenters. The summed E-state index contributed by atoms with van der Waals surface area (Å²) in [6, 6.07) is 0. The van der Waals surface area contributed by atoms with Crippen LogP contribution < -0.4 is 0 Å². The molecule has 3 heteroatoms. The molecule has 0 amide bonds. The molecule has 0 heterocycles. The third kappa shape index (κ3) is 5.14. The number of hydrogen-bond donors (Lipinski definition) is 0. The topological polar surface area (TPSA) is 43.1 Å². The Kier molecular flexibility index (Phi) is 3.84. The number of hydrogen-bond acceptors (Lipinski definition) is 2. The van der Waals surface area contributed by atoms with Crippen molar-refractivity contribution in [1.82, 2.24) is 0 Å². The van der Waals surface area contributed by atoms with Crippen molar-refractivity contribution in [3.63, 3.8) is 0 Å². The highest BCUT2D eigenvalue weighted by atomic mass is 16.6. The molecule has 0 aromatic rings. The van der Waals surface area contributed by atoms with Crippen molar-refractivity contribution in [1.29, 1.82) is 0 Å². The van der Waals surface area contributed by atoms with E-state index in [0.29, 0.717) is 0 Å². The Labute approximate surface area is 48.2 Å². The van der Waals surface area contributed by atoms with Crippen LogP contribution in [0.2, 0.25) is 0 Å². The summed E-state index contributed by atoms with van der Waals surface area (Å²) in [5.74, 6) is 0. The van der Waals surface area contributed by atoms with Crippen molar-refractivity contribution in [3.05, 3.63) is 22.3 Å². The molecule has 0 bridgehead atoms. The lowest BCUT2D eigenvalue weighted by Gasteiger charge is -1.80. The van der Waals surface area contributed by atoms with Gasteiger partial charge in [0.15, 0.2) is 0 Å². The molecule has 0 rings (SSSR count). The maximum Gasteiger partial charge on any atom is 0.222 e. The SMILES string of the molecule is CCC=CC[N+](=O)[O-]. The van der Waals surface area contributed by atoms with Crippen LogP contribution in [-0.4, -0.2) is 11.5 Å². The van der Waals surface area contributed by atoms with Gasteiger partial charge < -0.3 is 0 Å². The second kappa shape index (κ2) is 4.30. The van der Waals surface area contributed by atoms with Crippen LogP contribution in [0, 0.1) is 10.1 Å². The van der Waals surface area contributed by atoms with Crippen LogP contribution in [0.4, 0.5) is 0 Å².